The second kappa shape index (κ2) is 9.33. The number of anilines is 1. The zero-order valence-corrected chi connectivity index (χ0v) is 14.9. The Labute approximate surface area is 155 Å². The van der Waals surface area contributed by atoms with Crippen LogP contribution in [0.1, 0.15) is 19.4 Å². The van der Waals surface area contributed by atoms with Crippen LogP contribution in [0, 0.1) is 5.82 Å². The summed E-state index contributed by atoms with van der Waals surface area (Å²) in [5, 5.41) is 2.62. The molecule has 0 aliphatic carbocycles. The monoisotopic (exact) mass is 373 g/mol. The van der Waals surface area contributed by atoms with Crippen molar-refractivity contribution in [3.63, 3.8) is 0 Å². The highest BCUT2D eigenvalue weighted by Gasteiger charge is 2.17. The zero-order valence-electron chi connectivity index (χ0n) is 14.9. The molecule has 3 N–H and O–H groups in total. The molecule has 0 radical (unpaired) electrons. The lowest BCUT2D eigenvalue weighted by Crippen LogP contribution is -2.47. The molecule has 27 heavy (non-hydrogen) atoms. The molecule has 1 atom stereocenters. The summed E-state index contributed by atoms with van der Waals surface area (Å²) in [5.41, 5.74) is 5.84. The SMILES string of the molecule is CC(=O)Nc1ccc(CC(=O)NNC(=O)[C@H](C)Oc2ccccc2F)cc1. The summed E-state index contributed by atoms with van der Waals surface area (Å²) in [6, 6.07) is 12.5. The fourth-order valence-corrected chi connectivity index (χ4v) is 2.16. The molecule has 0 fully saturated rings. The summed E-state index contributed by atoms with van der Waals surface area (Å²) in [7, 11) is 0. The maximum Gasteiger partial charge on any atom is 0.279 e. The maximum atomic E-state index is 13.5. The molecule has 0 unspecified atom stereocenters. The first kappa shape index (κ1) is 19.9. The fraction of sp³-hybridized carbons (Fsp3) is 0.211. The lowest BCUT2D eigenvalue weighted by molar-refractivity contribution is -0.132. The summed E-state index contributed by atoms with van der Waals surface area (Å²) in [5.74, 6) is -1.87. The molecule has 2 aromatic carbocycles. The number of benzene rings is 2. The van der Waals surface area contributed by atoms with Gasteiger partial charge in [-0.25, -0.2) is 4.39 Å². The lowest BCUT2D eigenvalue weighted by atomic mass is 10.1. The Morgan fingerprint density at radius 1 is 1.04 bits per heavy atom. The van der Waals surface area contributed by atoms with E-state index >= 15 is 0 Å². The maximum absolute atomic E-state index is 13.5. The van der Waals surface area contributed by atoms with Crippen LogP contribution in [0.2, 0.25) is 0 Å². The van der Waals surface area contributed by atoms with Crippen molar-refractivity contribution in [3.8, 4) is 5.75 Å². The van der Waals surface area contributed by atoms with E-state index in [-0.39, 0.29) is 18.1 Å². The summed E-state index contributed by atoms with van der Waals surface area (Å²) in [6.07, 6.45) is -0.970. The van der Waals surface area contributed by atoms with Gasteiger partial charge in [0.05, 0.1) is 6.42 Å². The molecule has 0 aliphatic rings. The predicted octanol–water partition coefficient (Wildman–Crippen LogP) is 1.94. The van der Waals surface area contributed by atoms with Crippen molar-refractivity contribution in [1.29, 1.82) is 0 Å². The third kappa shape index (κ3) is 6.43. The summed E-state index contributed by atoms with van der Waals surface area (Å²) >= 11 is 0. The fourth-order valence-electron chi connectivity index (χ4n) is 2.16. The molecule has 2 rings (SSSR count). The topological polar surface area (TPSA) is 96.5 Å². The number of hydrogen-bond acceptors (Lipinski definition) is 4. The lowest BCUT2D eigenvalue weighted by Gasteiger charge is -2.15. The van der Waals surface area contributed by atoms with Crippen LogP contribution in [0.15, 0.2) is 48.5 Å². The van der Waals surface area contributed by atoms with Crippen LogP contribution in [0.5, 0.6) is 5.75 Å². The Hall–Kier alpha value is -3.42. The van der Waals surface area contributed by atoms with Crippen LogP contribution >= 0.6 is 0 Å². The number of hydrazine groups is 1. The highest BCUT2D eigenvalue weighted by atomic mass is 19.1. The van der Waals surface area contributed by atoms with E-state index in [0.717, 1.165) is 0 Å². The quantitative estimate of drug-likeness (QED) is 0.674. The van der Waals surface area contributed by atoms with Crippen LogP contribution in [0.4, 0.5) is 10.1 Å². The van der Waals surface area contributed by atoms with Gasteiger partial charge in [0.1, 0.15) is 0 Å². The smallest absolute Gasteiger partial charge is 0.279 e. The molecule has 2 aromatic rings. The minimum absolute atomic E-state index is 0.0309. The standard InChI is InChI=1S/C19H20FN3O4/c1-12(27-17-6-4-3-5-16(17)20)19(26)23-22-18(25)11-14-7-9-15(10-8-14)21-13(2)24/h3-10,12H,11H2,1-2H3,(H,21,24)(H,22,25)(H,23,26)/t12-/m0/s1. The molecule has 0 aromatic heterocycles. The van der Waals surface area contributed by atoms with Gasteiger partial charge in [0.25, 0.3) is 5.91 Å². The number of nitrogens with one attached hydrogen (secondary N) is 3. The molecule has 0 saturated heterocycles. The van der Waals surface area contributed by atoms with E-state index in [1.54, 1.807) is 30.3 Å². The van der Waals surface area contributed by atoms with Crippen molar-refractivity contribution in [3.05, 3.63) is 59.9 Å². The van der Waals surface area contributed by atoms with E-state index < -0.39 is 23.7 Å². The molecule has 0 bridgehead atoms. The molecule has 0 spiro atoms. The van der Waals surface area contributed by atoms with Gasteiger partial charge in [0, 0.05) is 12.6 Å². The molecule has 0 heterocycles. The number of hydrogen-bond donors (Lipinski definition) is 3. The minimum atomic E-state index is -1.00. The Morgan fingerprint density at radius 3 is 2.33 bits per heavy atom. The second-order valence-electron chi connectivity index (χ2n) is 5.78. The molecule has 0 aliphatic heterocycles. The molecular weight excluding hydrogens is 353 g/mol. The highest BCUT2D eigenvalue weighted by molar-refractivity contribution is 5.89. The van der Waals surface area contributed by atoms with Gasteiger partial charge in [0.2, 0.25) is 11.8 Å². The molecule has 142 valence electrons. The number of halogens is 1. The minimum Gasteiger partial charge on any atom is -0.478 e. The molecule has 0 saturated carbocycles. The van der Waals surface area contributed by atoms with E-state index in [1.165, 1.54) is 32.0 Å². The van der Waals surface area contributed by atoms with Gasteiger partial charge in [-0.05, 0) is 36.8 Å². The van der Waals surface area contributed by atoms with Gasteiger partial charge in [-0.15, -0.1) is 0 Å². The van der Waals surface area contributed by atoms with Crippen molar-refractivity contribution >= 4 is 23.4 Å². The van der Waals surface area contributed by atoms with E-state index in [9.17, 15) is 18.8 Å². The zero-order chi connectivity index (χ0) is 19.8. The third-order valence-electron chi connectivity index (χ3n) is 3.47. The number of carbonyl (C=O) groups excluding carboxylic acids is 3. The summed E-state index contributed by atoms with van der Waals surface area (Å²) in [4.78, 5) is 34.8. The Kier molecular flexibility index (Phi) is 6.87. The van der Waals surface area contributed by atoms with E-state index in [0.29, 0.717) is 11.3 Å². The average molecular weight is 373 g/mol. The molecule has 3 amide bonds. The first-order chi connectivity index (χ1) is 12.8. The summed E-state index contributed by atoms with van der Waals surface area (Å²) in [6.45, 7) is 2.84. The van der Waals surface area contributed by atoms with Crippen LogP contribution in [-0.2, 0) is 20.8 Å². The predicted molar refractivity (Wildman–Crippen MR) is 97.2 cm³/mol. The number of para-hydroxylation sites is 1. The number of rotatable bonds is 6. The van der Waals surface area contributed by atoms with E-state index in [2.05, 4.69) is 16.2 Å². The Balaban J connectivity index is 1.79. The first-order valence-corrected chi connectivity index (χ1v) is 8.21. The molecule has 8 heteroatoms. The van der Waals surface area contributed by atoms with Crippen molar-refractivity contribution in [2.45, 2.75) is 26.4 Å². The van der Waals surface area contributed by atoms with Crippen molar-refractivity contribution in [1.82, 2.24) is 10.9 Å². The van der Waals surface area contributed by atoms with E-state index in [1.807, 2.05) is 0 Å². The number of carbonyl (C=O) groups is 3. The van der Waals surface area contributed by atoms with E-state index in [4.69, 9.17) is 4.74 Å². The van der Waals surface area contributed by atoms with Crippen LogP contribution in [0.25, 0.3) is 0 Å². The second-order valence-corrected chi connectivity index (χ2v) is 5.78. The largest absolute Gasteiger partial charge is 0.478 e. The summed E-state index contributed by atoms with van der Waals surface area (Å²) < 4.78 is 18.7. The number of amides is 3. The average Bonchev–Trinajstić information content (AvgIpc) is 2.62. The first-order valence-electron chi connectivity index (χ1n) is 8.21. The van der Waals surface area contributed by atoms with Gasteiger partial charge in [-0.3, -0.25) is 25.2 Å². The normalized spacial score (nSPS) is 11.2. The van der Waals surface area contributed by atoms with Crippen molar-refractivity contribution in [2.24, 2.45) is 0 Å². The molecule has 7 nitrogen and oxygen atoms in total. The Morgan fingerprint density at radius 2 is 1.70 bits per heavy atom. The molecular formula is C19H20FN3O4. The third-order valence-corrected chi connectivity index (χ3v) is 3.47. The Bertz CT molecular complexity index is 824. The van der Waals surface area contributed by atoms with Gasteiger partial charge in [0.15, 0.2) is 17.7 Å². The van der Waals surface area contributed by atoms with Crippen LogP contribution in [-0.4, -0.2) is 23.8 Å². The van der Waals surface area contributed by atoms with Gasteiger partial charge >= 0.3 is 0 Å². The van der Waals surface area contributed by atoms with Crippen LogP contribution in [0.3, 0.4) is 0 Å². The van der Waals surface area contributed by atoms with Gasteiger partial charge in [-0.2, -0.15) is 0 Å². The van der Waals surface area contributed by atoms with Crippen molar-refractivity contribution in [2.75, 3.05) is 5.32 Å². The van der Waals surface area contributed by atoms with Gasteiger partial charge < -0.3 is 10.1 Å². The van der Waals surface area contributed by atoms with Gasteiger partial charge in [-0.1, -0.05) is 24.3 Å². The van der Waals surface area contributed by atoms with Crippen molar-refractivity contribution < 1.29 is 23.5 Å². The highest BCUT2D eigenvalue weighted by Crippen LogP contribution is 2.16. The van der Waals surface area contributed by atoms with Crippen LogP contribution < -0.4 is 20.9 Å². The number of ether oxygens (including phenoxy) is 1.